The molecule has 5 nitrogen and oxygen atoms in total. The number of sulfonamides is 1. The second-order valence-electron chi connectivity index (χ2n) is 7.68. The summed E-state index contributed by atoms with van der Waals surface area (Å²) < 4.78 is 29.3. The van der Waals surface area contributed by atoms with Gasteiger partial charge in [-0.05, 0) is 56.0 Å². The smallest absolute Gasteiger partial charge is 0.242 e. The minimum Gasteiger partial charge on any atom is -0.322 e. The van der Waals surface area contributed by atoms with E-state index >= 15 is 0 Å². The average molecular weight is 491 g/mol. The summed E-state index contributed by atoms with van der Waals surface area (Å²) in [5, 5.41) is 3.20. The molecule has 0 aliphatic heterocycles. The number of nitrogens with one attached hydrogen (secondary N) is 2. The summed E-state index contributed by atoms with van der Waals surface area (Å²) in [7, 11) is -3.99. The zero-order chi connectivity index (χ0) is 23.5. The Balaban J connectivity index is 1.97. The van der Waals surface area contributed by atoms with Crippen LogP contribution in [-0.2, 0) is 21.2 Å². The van der Waals surface area contributed by atoms with Crippen LogP contribution in [0, 0.1) is 20.8 Å². The number of hydrogen-bond donors (Lipinski definition) is 2. The van der Waals surface area contributed by atoms with Crippen molar-refractivity contribution in [3.05, 3.63) is 93.0 Å². The SMILES string of the molecule is Cc1cc(C)c(S(=O)(=O)N[C@H](Cc2ccccc2)C(=O)Nc2c(Cl)cccc2Cl)c(C)c1. The van der Waals surface area contributed by atoms with E-state index in [0.717, 1.165) is 11.1 Å². The second-order valence-corrected chi connectivity index (χ2v) is 10.1. The molecule has 0 spiro atoms. The maximum atomic E-state index is 13.3. The number of amides is 1. The zero-order valence-electron chi connectivity index (χ0n) is 17.9. The van der Waals surface area contributed by atoms with E-state index in [-0.39, 0.29) is 27.0 Å². The predicted molar refractivity (Wildman–Crippen MR) is 130 cm³/mol. The van der Waals surface area contributed by atoms with Crippen molar-refractivity contribution < 1.29 is 13.2 Å². The molecule has 168 valence electrons. The number of halogens is 2. The van der Waals surface area contributed by atoms with Crippen LogP contribution >= 0.6 is 23.2 Å². The van der Waals surface area contributed by atoms with Crippen molar-refractivity contribution in [2.24, 2.45) is 0 Å². The third-order valence-electron chi connectivity index (χ3n) is 4.98. The van der Waals surface area contributed by atoms with Gasteiger partial charge in [0.15, 0.2) is 0 Å². The van der Waals surface area contributed by atoms with Gasteiger partial charge in [-0.25, -0.2) is 8.42 Å². The number of benzene rings is 3. The van der Waals surface area contributed by atoms with Crippen molar-refractivity contribution in [2.45, 2.75) is 38.1 Å². The molecule has 0 bridgehead atoms. The predicted octanol–water partition coefficient (Wildman–Crippen LogP) is 5.45. The van der Waals surface area contributed by atoms with E-state index in [4.69, 9.17) is 23.2 Å². The summed E-state index contributed by atoms with van der Waals surface area (Å²) in [4.78, 5) is 13.4. The fourth-order valence-electron chi connectivity index (χ4n) is 3.70. The Hall–Kier alpha value is -2.38. The zero-order valence-corrected chi connectivity index (χ0v) is 20.3. The standard InChI is InChI=1S/C24H24Cl2N2O3S/c1-15-12-16(2)23(17(3)13-15)32(30,31)28-21(14-18-8-5-4-6-9-18)24(29)27-22-19(25)10-7-11-20(22)26/h4-13,21,28H,14H2,1-3H3,(H,27,29)/t21-/m1/s1. The number of anilines is 1. The number of hydrogen-bond acceptors (Lipinski definition) is 3. The third-order valence-corrected chi connectivity index (χ3v) is 7.39. The maximum absolute atomic E-state index is 13.3. The molecule has 1 atom stereocenters. The van der Waals surface area contributed by atoms with Gasteiger partial charge in [0, 0.05) is 0 Å². The van der Waals surface area contributed by atoms with Crippen LogP contribution in [0.2, 0.25) is 10.0 Å². The highest BCUT2D eigenvalue weighted by molar-refractivity contribution is 7.89. The monoisotopic (exact) mass is 490 g/mol. The molecule has 32 heavy (non-hydrogen) atoms. The lowest BCUT2D eigenvalue weighted by molar-refractivity contribution is -0.117. The molecule has 0 aromatic heterocycles. The van der Waals surface area contributed by atoms with Crippen LogP contribution in [0.3, 0.4) is 0 Å². The first-order valence-electron chi connectivity index (χ1n) is 9.97. The highest BCUT2D eigenvalue weighted by atomic mass is 35.5. The number of para-hydroxylation sites is 1. The molecule has 3 rings (SSSR count). The lowest BCUT2D eigenvalue weighted by Crippen LogP contribution is -2.45. The van der Waals surface area contributed by atoms with Gasteiger partial charge in [-0.1, -0.05) is 77.3 Å². The maximum Gasteiger partial charge on any atom is 0.242 e. The van der Waals surface area contributed by atoms with Crippen LogP contribution in [0.15, 0.2) is 65.6 Å². The van der Waals surface area contributed by atoms with Gasteiger partial charge < -0.3 is 5.32 Å². The Labute approximate surface area is 198 Å². The summed E-state index contributed by atoms with van der Waals surface area (Å²) >= 11 is 12.4. The van der Waals surface area contributed by atoms with E-state index in [1.54, 1.807) is 44.2 Å². The summed E-state index contributed by atoms with van der Waals surface area (Å²) in [6, 6.07) is 16.5. The summed E-state index contributed by atoms with van der Waals surface area (Å²) in [6.07, 6.45) is 0.151. The van der Waals surface area contributed by atoms with Crippen molar-refractivity contribution >= 4 is 44.8 Å². The minimum atomic E-state index is -3.99. The van der Waals surface area contributed by atoms with Crippen molar-refractivity contribution in [1.29, 1.82) is 0 Å². The van der Waals surface area contributed by atoms with E-state index in [1.807, 2.05) is 37.3 Å². The lowest BCUT2D eigenvalue weighted by atomic mass is 10.1. The molecular formula is C24H24Cl2N2O3S. The van der Waals surface area contributed by atoms with Gasteiger partial charge in [0.1, 0.15) is 6.04 Å². The lowest BCUT2D eigenvalue weighted by Gasteiger charge is -2.21. The van der Waals surface area contributed by atoms with E-state index in [1.165, 1.54) is 0 Å². The van der Waals surface area contributed by atoms with Gasteiger partial charge in [-0.3, -0.25) is 4.79 Å². The normalized spacial score (nSPS) is 12.4. The van der Waals surface area contributed by atoms with Gasteiger partial charge >= 0.3 is 0 Å². The average Bonchev–Trinajstić information content (AvgIpc) is 2.69. The summed E-state index contributed by atoms with van der Waals surface area (Å²) in [5.74, 6) is -0.560. The molecular weight excluding hydrogens is 467 g/mol. The van der Waals surface area contributed by atoms with E-state index in [2.05, 4.69) is 10.0 Å². The van der Waals surface area contributed by atoms with Crippen LogP contribution in [0.25, 0.3) is 0 Å². The molecule has 0 heterocycles. The number of rotatable bonds is 7. The molecule has 0 unspecified atom stereocenters. The molecule has 8 heteroatoms. The molecule has 0 radical (unpaired) electrons. The molecule has 3 aromatic carbocycles. The Kier molecular flexibility index (Phi) is 7.62. The molecule has 2 N–H and O–H groups in total. The molecule has 0 saturated heterocycles. The quantitative estimate of drug-likeness (QED) is 0.462. The van der Waals surface area contributed by atoms with Gasteiger partial charge in [-0.15, -0.1) is 0 Å². The number of aryl methyl sites for hydroxylation is 3. The Morgan fingerprint density at radius 3 is 2.03 bits per heavy atom. The molecule has 0 fully saturated rings. The van der Waals surface area contributed by atoms with Crippen molar-refractivity contribution in [2.75, 3.05) is 5.32 Å². The topological polar surface area (TPSA) is 75.3 Å². The van der Waals surface area contributed by atoms with Crippen LogP contribution in [-0.4, -0.2) is 20.4 Å². The highest BCUT2D eigenvalue weighted by Gasteiger charge is 2.29. The van der Waals surface area contributed by atoms with E-state index in [0.29, 0.717) is 11.1 Å². The van der Waals surface area contributed by atoms with Gasteiger partial charge in [0.2, 0.25) is 15.9 Å². The molecule has 0 aliphatic carbocycles. The molecule has 1 amide bonds. The van der Waals surface area contributed by atoms with Gasteiger partial charge in [0.05, 0.1) is 20.6 Å². The first-order chi connectivity index (χ1) is 15.1. The number of carbonyl (C=O) groups is 1. The molecule has 3 aromatic rings. The van der Waals surface area contributed by atoms with Crippen LogP contribution < -0.4 is 10.0 Å². The first kappa shape index (κ1) is 24.3. The fraction of sp³-hybridized carbons (Fsp3) is 0.208. The van der Waals surface area contributed by atoms with Crippen LogP contribution in [0.5, 0.6) is 0 Å². The Morgan fingerprint density at radius 2 is 1.47 bits per heavy atom. The van der Waals surface area contributed by atoms with Crippen LogP contribution in [0.1, 0.15) is 22.3 Å². The van der Waals surface area contributed by atoms with Crippen molar-refractivity contribution in [3.8, 4) is 0 Å². The Morgan fingerprint density at radius 1 is 0.906 bits per heavy atom. The highest BCUT2D eigenvalue weighted by Crippen LogP contribution is 2.30. The fourth-order valence-corrected chi connectivity index (χ4v) is 5.84. The van der Waals surface area contributed by atoms with Crippen molar-refractivity contribution in [3.63, 3.8) is 0 Å². The second kappa shape index (κ2) is 10.0. The van der Waals surface area contributed by atoms with E-state index in [9.17, 15) is 13.2 Å². The first-order valence-corrected chi connectivity index (χ1v) is 12.2. The van der Waals surface area contributed by atoms with Gasteiger partial charge in [0.25, 0.3) is 0 Å². The molecule has 0 aliphatic rings. The van der Waals surface area contributed by atoms with Gasteiger partial charge in [-0.2, -0.15) is 4.72 Å². The summed E-state index contributed by atoms with van der Waals surface area (Å²) in [6.45, 7) is 5.39. The minimum absolute atomic E-state index is 0.151. The Bertz CT molecular complexity index is 1200. The van der Waals surface area contributed by atoms with Crippen LogP contribution in [0.4, 0.5) is 5.69 Å². The van der Waals surface area contributed by atoms with Crippen molar-refractivity contribution in [1.82, 2.24) is 4.72 Å². The van der Waals surface area contributed by atoms with E-state index < -0.39 is 22.0 Å². The third kappa shape index (κ3) is 5.70. The molecule has 0 saturated carbocycles. The summed E-state index contributed by atoms with van der Waals surface area (Å²) in [5.41, 5.74) is 3.23. The number of carbonyl (C=O) groups excluding carboxylic acids is 1. The largest absolute Gasteiger partial charge is 0.322 e.